The number of carbonyl (C=O) groups excluding carboxylic acids is 1. The maximum atomic E-state index is 12.1. The Hall–Kier alpha value is -0.710. The second-order valence-electron chi connectivity index (χ2n) is 5.74. The summed E-state index contributed by atoms with van der Waals surface area (Å²) < 4.78 is 0. The molecule has 0 spiro atoms. The van der Waals surface area contributed by atoms with E-state index >= 15 is 0 Å². The fourth-order valence-electron chi connectivity index (χ4n) is 2.54. The Morgan fingerprint density at radius 3 is 2.68 bits per heavy atom. The topological polar surface area (TPSA) is 57.6 Å². The van der Waals surface area contributed by atoms with E-state index in [1.54, 1.807) is 11.8 Å². The van der Waals surface area contributed by atoms with Crippen molar-refractivity contribution in [2.75, 3.05) is 24.6 Å². The zero-order chi connectivity index (χ0) is 13.7. The van der Waals surface area contributed by atoms with Crippen LogP contribution in [0.4, 0.5) is 0 Å². The molecule has 0 bridgehead atoms. The highest BCUT2D eigenvalue weighted by Crippen LogP contribution is 2.32. The lowest BCUT2D eigenvalue weighted by Crippen LogP contribution is -2.41. The van der Waals surface area contributed by atoms with Gasteiger partial charge in [-0.25, -0.2) is 0 Å². The van der Waals surface area contributed by atoms with Gasteiger partial charge < -0.3 is 10.0 Å². The number of hydrogen-bond acceptors (Lipinski definition) is 3. The first-order chi connectivity index (χ1) is 9.15. The number of likely N-dealkylation sites (tertiary alicyclic amines) is 1. The maximum Gasteiger partial charge on any atom is 0.303 e. The smallest absolute Gasteiger partial charge is 0.303 e. The van der Waals surface area contributed by atoms with Crippen LogP contribution >= 0.6 is 11.8 Å². The lowest BCUT2D eigenvalue weighted by molar-refractivity contribution is -0.137. The fraction of sp³-hybridized carbons (Fsp3) is 0.857. The second-order valence-corrected chi connectivity index (χ2v) is 6.77. The predicted octanol–water partition coefficient (Wildman–Crippen LogP) is 2.23. The zero-order valence-electron chi connectivity index (χ0n) is 11.3. The van der Waals surface area contributed by atoms with E-state index in [9.17, 15) is 9.59 Å². The highest BCUT2D eigenvalue weighted by atomic mass is 32.2. The van der Waals surface area contributed by atoms with Gasteiger partial charge in [-0.3, -0.25) is 9.59 Å². The van der Waals surface area contributed by atoms with Gasteiger partial charge in [0.1, 0.15) is 0 Å². The van der Waals surface area contributed by atoms with Gasteiger partial charge in [-0.2, -0.15) is 11.8 Å². The Balaban J connectivity index is 1.66. The largest absolute Gasteiger partial charge is 0.481 e. The van der Waals surface area contributed by atoms with Crippen molar-refractivity contribution in [3.63, 3.8) is 0 Å². The van der Waals surface area contributed by atoms with Crippen LogP contribution in [0.5, 0.6) is 0 Å². The third-order valence-electron chi connectivity index (χ3n) is 3.91. The van der Waals surface area contributed by atoms with Gasteiger partial charge in [0.25, 0.3) is 0 Å². The Morgan fingerprint density at radius 1 is 1.21 bits per heavy atom. The summed E-state index contributed by atoms with van der Waals surface area (Å²) in [6, 6.07) is 0. The number of nitrogens with zero attached hydrogens (tertiary/aromatic N) is 1. The van der Waals surface area contributed by atoms with E-state index in [0.29, 0.717) is 18.1 Å². The van der Waals surface area contributed by atoms with Gasteiger partial charge in [0, 0.05) is 19.5 Å². The van der Waals surface area contributed by atoms with Crippen LogP contribution < -0.4 is 0 Å². The van der Waals surface area contributed by atoms with E-state index in [2.05, 4.69) is 0 Å². The first kappa shape index (κ1) is 14.7. The van der Waals surface area contributed by atoms with Crippen LogP contribution in [0.1, 0.15) is 38.5 Å². The lowest BCUT2D eigenvalue weighted by Gasteiger charge is -2.32. The van der Waals surface area contributed by atoms with Gasteiger partial charge >= 0.3 is 5.97 Å². The van der Waals surface area contributed by atoms with Crippen LogP contribution in [0.3, 0.4) is 0 Å². The Morgan fingerprint density at radius 2 is 2.00 bits per heavy atom. The Bertz CT molecular complexity index is 331. The molecule has 1 saturated carbocycles. The van der Waals surface area contributed by atoms with Crippen LogP contribution in [-0.2, 0) is 9.59 Å². The van der Waals surface area contributed by atoms with E-state index in [4.69, 9.17) is 5.11 Å². The minimum atomic E-state index is -0.733. The van der Waals surface area contributed by atoms with Crippen LogP contribution in [0.25, 0.3) is 0 Å². The molecule has 5 heteroatoms. The molecule has 2 fully saturated rings. The van der Waals surface area contributed by atoms with E-state index in [-0.39, 0.29) is 12.3 Å². The number of amides is 1. The number of carbonyl (C=O) groups is 2. The number of aliphatic carboxylic acids is 1. The first-order valence-corrected chi connectivity index (χ1v) is 8.38. The highest BCUT2D eigenvalue weighted by molar-refractivity contribution is 7.99. The van der Waals surface area contributed by atoms with Gasteiger partial charge in [-0.1, -0.05) is 0 Å². The van der Waals surface area contributed by atoms with Gasteiger partial charge in [-0.05, 0) is 49.7 Å². The number of rotatable bonds is 7. The number of hydrogen-bond donors (Lipinski definition) is 1. The van der Waals surface area contributed by atoms with E-state index in [1.807, 2.05) is 4.90 Å². The molecule has 1 atom stereocenters. The minimum Gasteiger partial charge on any atom is -0.481 e. The number of carboxylic acids is 1. The average molecular weight is 285 g/mol. The molecule has 19 heavy (non-hydrogen) atoms. The molecule has 1 aliphatic carbocycles. The third kappa shape index (κ3) is 5.43. The predicted molar refractivity (Wildman–Crippen MR) is 76.2 cm³/mol. The fourth-order valence-corrected chi connectivity index (χ4v) is 3.69. The summed E-state index contributed by atoms with van der Waals surface area (Å²) in [6.07, 6.45) is 5.68. The van der Waals surface area contributed by atoms with Crippen LogP contribution in [0, 0.1) is 11.8 Å². The average Bonchev–Trinajstić information content (AvgIpc) is 3.21. The van der Waals surface area contributed by atoms with Gasteiger partial charge in [-0.15, -0.1) is 0 Å². The molecule has 1 aliphatic heterocycles. The summed E-state index contributed by atoms with van der Waals surface area (Å²) in [5.41, 5.74) is 0. The number of carboxylic acid groups (broad SMARTS) is 1. The van der Waals surface area contributed by atoms with Crippen molar-refractivity contribution in [2.45, 2.75) is 38.5 Å². The summed E-state index contributed by atoms with van der Waals surface area (Å²) in [7, 11) is 0. The van der Waals surface area contributed by atoms with Crippen LogP contribution in [0.15, 0.2) is 0 Å². The van der Waals surface area contributed by atoms with Crippen LogP contribution in [0.2, 0.25) is 0 Å². The van der Waals surface area contributed by atoms with Gasteiger partial charge in [0.2, 0.25) is 5.91 Å². The molecule has 0 radical (unpaired) electrons. The van der Waals surface area contributed by atoms with E-state index in [1.165, 1.54) is 12.8 Å². The summed E-state index contributed by atoms with van der Waals surface area (Å²) in [4.78, 5) is 24.6. The van der Waals surface area contributed by atoms with Crippen molar-refractivity contribution in [1.29, 1.82) is 0 Å². The molecule has 0 aromatic heterocycles. The summed E-state index contributed by atoms with van der Waals surface area (Å²) in [5, 5.41) is 8.71. The molecule has 108 valence electrons. The Labute approximate surface area is 118 Å². The monoisotopic (exact) mass is 285 g/mol. The molecule has 2 aliphatic rings. The van der Waals surface area contributed by atoms with Crippen molar-refractivity contribution >= 4 is 23.6 Å². The molecular formula is C14H23NO3S. The van der Waals surface area contributed by atoms with Crippen LogP contribution in [-0.4, -0.2) is 46.5 Å². The first-order valence-electron chi connectivity index (χ1n) is 7.22. The standard InChI is InChI=1S/C14H23NO3S/c16-13(10-19-9-12-3-4-12)15-7-1-2-11(8-15)5-6-14(17)18/h11-12H,1-10H2,(H,17,18)/t11-/m1/s1. The number of piperidine rings is 1. The molecule has 0 aromatic rings. The molecule has 4 nitrogen and oxygen atoms in total. The summed E-state index contributed by atoms with van der Waals surface area (Å²) in [6.45, 7) is 1.61. The van der Waals surface area contributed by atoms with Crippen molar-refractivity contribution in [2.24, 2.45) is 11.8 Å². The van der Waals surface area contributed by atoms with E-state index < -0.39 is 5.97 Å². The third-order valence-corrected chi connectivity index (χ3v) is 5.07. The molecule has 1 amide bonds. The highest BCUT2D eigenvalue weighted by Gasteiger charge is 2.25. The molecule has 1 saturated heterocycles. The van der Waals surface area contributed by atoms with Crippen molar-refractivity contribution < 1.29 is 14.7 Å². The summed E-state index contributed by atoms with van der Waals surface area (Å²) >= 11 is 1.76. The molecule has 1 heterocycles. The van der Waals surface area contributed by atoms with Gasteiger partial charge in [0.15, 0.2) is 0 Å². The molecule has 0 aromatic carbocycles. The SMILES string of the molecule is O=C(O)CC[C@H]1CCCN(C(=O)CSCC2CC2)C1. The lowest BCUT2D eigenvalue weighted by atomic mass is 9.93. The van der Waals surface area contributed by atoms with Crippen molar-refractivity contribution in [3.05, 3.63) is 0 Å². The van der Waals surface area contributed by atoms with Gasteiger partial charge in [0.05, 0.1) is 5.75 Å². The van der Waals surface area contributed by atoms with E-state index in [0.717, 1.165) is 37.6 Å². The molecule has 1 N–H and O–H groups in total. The zero-order valence-corrected chi connectivity index (χ0v) is 12.2. The molecule has 0 unspecified atom stereocenters. The molecular weight excluding hydrogens is 262 g/mol. The maximum absolute atomic E-state index is 12.1. The summed E-state index contributed by atoms with van der Waals surface area (Å²) in [5.74, 6) is 2.48. The quantitative estimate of drug-likeness (QED) is 0.779. The van der Waals surface area contributed by atoms with Crippen molar-refractivity contribution in [3.8, 4) is 0 Å². The minimum absolute atomic E-state index is 0.225. The van der Waals surface area contributed by atoms with Crippen molar-refractivity contribution in [1.82, 2.24) is 4.90 Å². The Kier molecular flexibility index (Phi) is 5.55. The second kappa shape index (κ2) is 7.17. The number of thioether (sulfide) groups is 1. The molecule has 2 rings (SSSR count). The normalized spacial score (nSPS) is 23.4.